The fraction of sp³-hybridized carbons (Fsp3) is 0. The van der Waals surface area contributed by atoms with E-state index in [9.17, 15) is 13.2 Å². The first-order valence-electron chi connectivity index (χ1n) is 3.39. The summed E-state index contributed by atoms with van der Waals surface area (Å²) in [6.45, 7) is 0. The zero-order valence-corrected chi connectivity index (χ0v) is 7.65. The smallest absolute Gasteiger partial charge is 0.410 e. The van der Waals surface area contributed by atoms with Crippen LogP contribution < -0.4 is 10.5 Å². The maximum Gasteiger partial charge on any atom is 0.410 e. The molecule has 0 aliphatic rings. The van der Waals surface area contributed by atoms with Crippen LogP contribution in [-0.2, 0) is 10.0 Å². The molecule has 0 spiro atoms. The number of nitrogens with zero attached hydrogens (tertiary/aromatic N) is 1. The van der Waals surface area contributed by atoms with Gasteiger partial charge in [0.05, 0.1) is 0 Å². The summed E-state index contributed by atoms with van der Waals surface area (Å²) in [5.41, 5.74) is 0. The molecule has 0 aliphatic heterocycles. The third kappa shape index (κ3) is 2.68. The van der Waals surface area contributed by atoms with Gasteiger partial charge in [0, 0.05) is 0 Å². The first-order chi connectivity index (χ1) is 6.39. The second kappa shape index (κ2) is 3.60. The molecular formula is C6H7N3O4S. The Morgan fingerprint density at radius 1 is 1.50 bits per heavy atom. The number of primary sulfonamides is 1. The monoisotopic (exact) mass is 217 g/mol. The minimum atomic E-state index is -3.91. The summed E-state index contributed by atoms with van der Waals surface area (Å²) in [5.74, 6) is -0.0935. The van der Waals surface area contributed by atoms with E-state index in [2.05, 4.69) is 4.98 Å². The van der Waals surface area contributed by atoms with E-state index in [1.54, 1.807) is 0 Å². The predicted octanol–water partition coefficient (Wildman–Crippen LogP) is -0.181. The number of anilines is 1. The highest BCUT2D eigenvalue weighted by Gasteiger charge is 2.10. The first kappa shape index (κ1) is 10.4. The third-order valence-corrected chi connectivity index (χ3v) is 2.06. The molecule has 1 aromatic heterocycles. The number of amides is 1. The highest BCUT2D eigenvalue weighted by Crippen LogP contribution is 2.07. The van der Waals surface area contributed by atoms with E-state index < -0.39 is 16.1 Å². The number of sulfonamides is 1. The molecule has 0 aliphatic carbocycles. The zero-order chi connectivity index (χ0) is 10.8. The average molecular weight is 217 g/mol. The topological polar surface area (TPSA) is 122 Å². The lowest BCUT2D eigenvalue weighted by molar-refractivity contribution is 0.209. The van der Waals surface area contributed by atoms with Crippen molar-refractivity contribution in [3.63, 3.8) is 0 Å². The van der Waals surface area contributed by atoms with Gasteiger partial charge in [-0.25, -0.2) is 23.3 Å². The molecular weight excluding hydrogens is 210 g/mol. The second-order valence-electron chi connectivity index (χ2n) is 2.34. The van der Waals surface area contributed by atoms with Gasteiger partial charge in [-0.3, -0.25) is 5.32 Å². The van der Waals surface area contributed by atoms with Gasteiger partial charge in [-0.15, -0.1) is 0 Å². The van der Waals surface area contributed by atoms with Gasteiger partial charge in [0.1, 0.15) is 5.82 Å². The van der Waals surface area contributed by atoms with E-state index in [0.29, 0.717) is 0 Å². The summed E-state index contributed by atoms with van der Waals surface area (Å²) in [5, 5.41) is 14.6. The van der Waals surface area contributed by atoms with E-state index in [1.807, 2.05) is 5.32 Å². The molecule has 0 atom stereocenters. The van der Waals surface area contributed by atoms with Crippen molar-refractivity contribution in [1.82, 2.24) is 4.98 Å². The number of nitrogens with two attached hydrogens (primary N) is 1. The van der Waals surface area contributed by atoms with Crippen molar-refractivity contribution < 1.29 is 18.3 Å². The van der Waals surface area contributed by atoms with E-state index in [4.69, 9.17) is 10.2 Å². The molecule has 1 amide bonds. The number of rotatable bonds is 2. The molecule has 4 N–H and O–H groups in total. The van der Waals surface area contributed by atoms with E-state index in [1.165, 1.54) is 18.2 Å². The Morgan fingerprint density at radius 3 is 2.64 bits per heavy atom. The Hall–Kier alpha value is -1.67. The Kier molecular flexibility index (Phi) is 2.68. The molecule has 14 heavy (non-hydrogen) atoms. The van der Waals surface area contributed by atoms with E-state index in [-0.39, 0.29) is 10.8 Å². The Bertz CT molecular complexity index is 456. The van der Waals surface area contributed by atoms with Crippen molar-refractivity contribution in [3.05, 3.63) is 18.2 Å². The molecule has 76 valence electrons. The number of nitrogens with one attached hydrogen (secondary N) is 1. The number of hydrogen-bond acceptors (Lipinski definition) is 4. The first-order valence-corrected chi connectivity index (χ1v) is 4.94. The summed E-state index contributed by atoms with van der Waals surface area (Å²) < 4.78 is 21.6. The molecule has 0 saturated heterocycles. The molecule has 1 rings (SSSR count). The van der Waals surface area contributed by atoms with Gasteiger partial charge in [-0.1, -0.05) is 6.07 Å². The number of carbonyl (C=O) groups is 1. The van der Waals surface area contributed by atoms with Crippen LogP contribution in [0.25, 0.3) is 0 Å². The second-order valence-corrected chi connectivity index (χ2v) is 3.84. The molecule has 8 heteroatoms. The van der Waals surface area contributed by atoms with Gasteiger partial charge in [0.15, 0.2) is 5.03 Å². The Labute approximate surface area is 79.6 Å². The maximum absolute atomic E-state index is 10.8. The van der Waals surface area contributed by atoms with Gasteiger partial charge < -0.3 is 5.11 Å². The van der Waals surface area contributed by atoms with Crippen molar-refractivity contribution in [2.45, 2.75) is 5.03 Å². The van der Waals surface area contributed by atoms with Crippen LogP contribution in [0.1, 0.15) is 0 Å². The van der Waals surface area contributed by atoms with Crippen LogP contribution in [0.3, 0.4) is 0 Å². The summed E-state index contributed by atoms with van der Waals surface area (Å²) in [6.07, 6.45) is -1.33. The fourth-order valence-electron chi connectivity index (χ4n) is 0.752. The largest absolute Gasteiger partial charge is 0.465 e. The summed E-state index contributed by atoms with van der Waals surface area (Å²) >= 11 is 0. The summed E-state index contributed by atoms with van der Waals surface area (Å²) in [6, 6.07) is 3.81. The highest BCUT2D eigenvalue weighted by atomic mass is 32.2. The standard InChI is InChI=1S/C6H7N3O4S/c7-14(12,13)5-3-1-2-4(8-5)9-6(10)11/h1-3H,(H,8,9)(H,10,11)(H2,7,12,13). The van der Waals surface area contributed by atoms with Crippen molar-refractivity contribution in [2.24, 2.45) is 5.14 Å². The van der Waals surface area contributed by atoms with E-state index in [0.717, 1.165) is 0 Å². The van der Waals surface area contributed by atoms with Gasteiger partial charge in [-0.2, -0.15) is 0 Å². The summed E-state index contributed by atoms with van der Waals surface area (Å²) in [7, 11) is -3.91. The Morgan fingerprint density at radius 2 is 2.14 bits per heavy atom. The third-order valence-electron chi connectivity index (χ3n) is 1.25. The molecule has 0 fully saturated rings. The molecule has 1 aromatic rings. The molecule has 0 unspecified atom stereocenters. The Balaban J connectivity index is 3.08. The normalized spacial score (nSPS) is 10.9. The lowest BCUT2D eigenvalue weighted by atomic mass is 10.5. The molecule has 0 radical (unpaired) electrons. The van der Waals surface area contributed by atoms with Crippen LogP contribution in [0, 0.1) is 0 Å². The van der Waals surface area contributed by atoms with Crippen LogP contribution in [0.2, 0.25) is 0 Å². The van der Waals surface area contributed by atoms with E-state index >= 15 is 0 Å². The average Bonchev–Trinajstić information content (AvgIpc) is 2.01. The zero-order valence-electron chi connectivity index (χ0n) is 6.84. The maximum atomic E-state index is 10.8. The van der Waals surface area contributed by atoms with Gasteiger partial charge >= 0.3 is 6.09 Å². The van der Waals surface area contributed by atoms with Crippen molar-refractivity contribution in [1.29, 1.82) is 0 Å². The van der Waals surface area contributed by atoms with Gasteiger partial charge in [0.25, 0.3) is 10.0 Å². The predicted molar refractivity (Wildman–Crippen MR) is 47.3 cm³/mol. The lowest BCUT2D eigenvalue weighted by Crippen LogP contribution is -2.16. The molecule has 0 saturated carbocycles. The molecule has 0 bridgehead atoms. The van der Waals surface area contributed by atoms with Gasteiger partial charge in [0.2, 0.25) is 0 Å². The molecule has 1 heterocycles. The highest BCUT2D eigenvalue weighted by molar-refractivity contribution is 7.89. The van der Waals surface area contributed by atoms with Crippen LogP contribution in [0.4, 0.5) is 10.6 Å². The number of aromatic nitrogens is 1. The minimum absolute atomic E-state index is 0.0935. The fourth-order valence-corrected chi connectivity index (χ4v) is 1.25. The van der Waals surface area contributed by atoms with Gasteiger partial charge in [-0.05, 0) is 12.1 Å². The number of hydrogen-bond donors (Lipinski definition) is 3. The van der Waals surface area contributed by atoms with Crippen LogP contribution >= 0.6 is 0 Å². The lowest BCUT2D eigenvalue weighted by Gasteiger charge is -2.01. The summed E-state index contributed by atoms with van der Waals surface area (Å²) in [4.78, 5) is 13.7. The van der Waals surface area contributed by atoms with Crippen LogP contribution in [0.15, 0.2) is 23.2 Å². The van der Waals surface area contributed by atoms with Crippen LogP contribution in [-0.4, -0.2) is 24.6 Å². The molecule has 0 aromatic carbocycles. The van der Waals surface area contributed by atoms with Crippen molar-refractivity contribution >= 4 is 21.9 Å². The quantitative estimate of drug-likeness (QED) is 0.634. The number of pyridine rings is 1. The SMILES string of the molecule is NS(=O)(=O)c1cccc(NC(=O)O)n1. The minimum Gasteiger partial charge on any atom is -0.465 e. The molecule has 7 nitrogen and oxygen atoms in total. The van der Waals surface area contributed by atoms with Crippen molar-refractivity contribution in [3.8, 4) is 0 Å². The van der Waals surface area contributed by atoms with Crippen molar-refractivity contribution in [2.75, 3.05) is 5.32 Å². The van der Waals surface area contributed by atoms with Crippen LogP contribution in [0.5, 0.6) is 0 Å². The number of carboxylic acid groups (broad SMARTS) is 1.